The van der Waals surface area contributed by atoms with Crippen LogP contribution in [0.4, 0.5) is 0 Å². The molecule has 0 aliphatic heterocycles. The topological polar surface area (TPSA) is 54.4 Å². The van der Waals surface area contributed by atoms with E-state index in [0.717, 1.165) is 42.2 Å². The first-order chi connectivity index (χ1) is 21.5. The third-order valence-electron chi connectivity index (χ3n) is 9.46. The van der Waals surface area contributed by atoms with E-state index in [1.807, 2.05) is 6.07 Å². The highest BCUT2D eigenvalue weighted by Gasteiger charge is 2.16. The fourth-order valence-electron chi connectivity index (χ4n) is 6.64. The molecule has 2 rings (SSSR count). The molecule has 0 heterocycles. The summed E-state index contributed by atoms with van der Waals surface area (Å²) in [6.45, 7) is 4.55. The highest BCUT2D eigenvalue weighted by atomic mass is 32.2. The number of rotatable bonds is 29. The number of fused-ring (bicyclic) bond motifs is 1. The Bertz CT molecular complexity index is 1090. The van der Waals surface area contributed by atoms with E-state index in [1.165, 1.54) is 154 Å². The van der Waals surface area contributed by atoms with Crippen molar-refractivity contribution in [1.29, 1.82) is 0 Å². The fourth-order valence-corrected chi connectivity index (χ4v) is 7.39. The Kier molecular flexibility index (Phi) is 21.9. The molecule has 3 nitrogen and oxygen atoms in total. The molecule has 1 N–H and O–H groups in total. The third kappa shape index (κ3) is 17.9. The van der Waals surface area contributed by atoms with Gasteiger partial charge in [-0.1, -0.05) is 186 Å². The monoisotopic (exact) mass is 628 g/mol. The van der Waals surface area contributed by atoms with Gasteiger partial charge in [-0.15, -0.1) is 0 Å². The summed E-state index contributed by atoms with van der Waals surface area (Å²) in [6, 6.07) is 10.0. The van der Waals surface area contributed by atoms with Gasteiger partial charge in [0.25, 0.3) is 10.1 Å². The van der Waals surface area contributed by atoms with E-state index in [9.17, 15) is 13.0 Å². The standard InChI is InChI=1S/C40H68O3S/c1-3-5-7-9-11-13-15-17-19-21-23-25-27-29-36-31-32-38-33-37(35-40(39(38)34-36)44(41,42)43)30-28-26-24-22-20-18-16-14-12-10-8-6-4-2/h31-35H,3-30H2,1-2H3,(H,41,42,43). The van der Waals surface area contributed by atoms with Crippen molar-refractivity contribution < 1.29 is 13.0 Å². The fraction of sp³-hybridized carbons (Fsp3) is 0.750. The largest absolute Gasteiger partial charge is 0.295 e. The van der Waals surface area contributed by atoms with Crippen LogP contribution in [0, 0.1) is 0 Å². The molecule has 0 aromatic heterocycles. The first kappa shape index (κ1) is 38.8. The molecule has 0 saturated heterocycles. The van der Waals surface area contributed by atoms with Crippen LogP contribution in [0.25, 0.3) is 10.8 Å². The molecule has 0 unspecified atom stereocenters. The van der Waals surface area contributed by atoms with Crippen molar-refractivity contribution in [2.45, 2.75) is 199 Å². The smallest absolute Gasteiger partial charge is 0.282 e. The third-order valence-corrected chi connectivity index (χ3v) is 10.4. The van der Waals surface area contributed by atoms with Gasteiger partial charge in [0, 0.05) is 5.39 Å². The number of benzene rings is 2. The van der Waals surface area contributed by atoms with Gasteiger partial charge in [0.05, 0.1) is 0 Å². The van der Waals surface area contributed by atoms with Crippen LogP contribution in [0.2, 0.25) is 0 Å². The van der Waals surface area contributed by atoms with Crippen LogP contribution in [-0.2, 0) is 23.0 Å². The Morgan fingerprint density at radius 3 is 1.20 bits per heavy atom. The summed E-state index contributed by atoms with van der Waals surface area (Å²) >= 11 is 0. The van der Waals surface area contributed by atoms with Crippen molar-refractivity contribution >= 4 is 20.9 Å². The maximum absolute atomic E-state index is 12.3. The van der Waals surface area contributed by atoms with Crippen LogP contribution in [-0.4, -0.2) is 13.0 Å². The lowest BCUT2D eigenvalue weighted by molar-refractivity contribution is 0.484. The van der Waals surface area contributed by atoms with Crippen LogP contribution in [0.5, 0.6) is 0 Å². The maximum Gasteiger partial charge on any atom is 0.295 e. The number of aryl methyl sites for hydroxylation is 2. The molecular formula is C40H68O3S. The van der Waals surface area contributed by atoms with Crippen molar-refractivity contribution in [2.24, 2.45) is 0 Å². The SMILES string of the molecule is CCCCCCCCCCCCCCCc1cc(S(=O)(=O)O)c2cc(CCCCCCCCCCCCCCC)ccc2c1. The molecule has 0 aliphatic carbocycles. The van der Waals surface area contributed by atoms with Gasteiger partial charge < -0.3 is 0 Å². The second-order valence-corrected chi connectivity index (χ2v) is 15.0. The summed E-state index contributed by atoms with van der Waals surface area (Å²) in [5.74, 6) is 0. The Balaban J connectivity index is 1.67. The average molecular weight is 629 g/mol. The van der Waals surface area contributed by atoms with Crippen molar-refractivity contribution in [3.05, 3.63) is 41.5 Å². The van der Waals surface area contributed by atoms with E-state index in [-0.39, 0.29) is 4.90 Å². The summed E-state index contributed by atoms with van der Waals surface area (Å²) in [6.07, 6.45) is 36.4. The highest BCUT2D eigenvalue weighted by molar-refractivity contribution is 7.86. The minimum Gasteiger partial charge on any atom is -0.282 e. The van der Waals surface area contributed by atoms with Gasteiger partial charge in [0.1, 0.15) is 4.90 Å². The molecule has 44 heavy (non-hydrogen) atoms. The quantitative estimate of drug-likeness (QED) is 0.0720. The van der Waals surface area contributed by atoms with E-state index in [0.29, 0.717) is 5.39 Å². The Hall–Kier alpha value is -1.39. The minimum absolute atomic E-state index is 0.0758. The Morgan fingerprint density at radius 1 is 0.455 bits per heavy atom. The molecule has 4 heteroatoms. The predicted octanol–water partition coefficient (Wildman–Crippen LogP) is 13.4. The van der Waals surface area contributed by atoms with E-state index in [4.69, 9.17) is 0 Å². The van der Waals surface area contributed by atoms with E-state index < -0.39 is 10.1 Å². The van der Waals surface area contributed by atoms with E-state index in [1.54, 1.807) is 6.07 Å². The molecule has 0 fully saturated rings. The zero-order chi connectivity index (χ0) is 31.7. The summed E-state index contributed by atoms with van der Waals surface area (Å²) in [7, 11) is -4.27. The molecule has 0 saturated carbocycles. The van der Waals surface area contributed by atoms with Crippen LogP contribution in [0.1, 0.15) is 192 Å². The molecule has 2 aromatic carbocycles. The lowest BCUT2D eigenvalue weighted by Crippen LogP contribution is -2.02. The Morgan fingerprint density at radius 2 is 0.818 bits per heavy atom. The van der Waals surface area contributed by atoms with Gasteiger partial charge in [-0.3, -0.25) is 4.55 Å². The van der Waals surface area contributed by atoms with Crippen LogP contribution in [0.3, 0.4) is 0 Å². The molecule has 2 aromatic rings. The lowest BCUT2D eigenvalue weighted by Gasteiger charge is -2.11. The molecule has 0 bridgehead atoms. The van der Waals surface area contributed by atoms with Crippen LogP contribution in [0.15, 0.2) is 35.2 Å². The lowest BCUT2D eigenvalue weighted by atomic mass is 9.98. The predicted molar refractivity (Wildman–Crippen MR) is 193 cm³/mol. The Labute approximate surface area is 273 Å². The van der Waals surface area contributed by atoms with Crippen molar-refractivity contribution in [3.63, 3.8) is 0 Å². The molecular weight excluding hydrogens is 561 g/mol. The van der Waals surface area contributed by atoms with Gasteiger partial charge in [0.2, 0.25) is 0 Å². The zero-order valence-electron chi connectivity index (χ0n) is 28.9. The van der Waals surface area contributed by atoms with Gasteiger partial charge >= 0.3 is 0 Å². The summed E-state index contributed by atoms with van der Waals surface area (Å²) in [4.78, 5) is 0.0758. The molecule has 0 spiro atoms. The summed E-state index contributed by atoms with van der Waals surface area (Å²) in [5.41, 5.74) is 2.17. The first-order valence-electron chi connectivity index (χ1n) is 19.0. The van der Waals surface area contributed by atoms with Crippen LogP contribution < -0.4 is 0 Å². The number of hydrogen-bond acceptors (Lipinski definition) is 2. The molecule has 0 radical (unpaired) electrons. The van der Waals surface area contributed by atoms with Gasteiger partial charge in [-0.25, -0.2) is 0 Å². The van der Waals surface area contributed by atoms with Crippen molar-refractivity contribution in [3.8, 4) is 0 Å². The van der Waals surface area contributed by atoms with E-state index >= 15 is 0 Å². The average Bonchev–Trinajstić information content (AvgIpc) is 3.01. The zero-order valence-corrected chi connectivity index (χ0v) is 29.7. The second-order valence-electron chi connectivity index (χ2n) is 13.6. The highest BCUT2D eigenvalue weighted by Crippen LogP contribution is 2.28. The van der Waals surface area contributed by atoms with Gasteiger partial charge in [-0.05, 0) is 54.3 Å². The minimum atomic E-state index is -4.27. The van der Waals surface area contributed by atoms with Crippen molar-refractivity contribution in [1.82, 2.24) is 0 Å². The summed E-state index contributed by atoms with van der Waals surface area (Å²) in [5, 5.41) is 1.58. The molecule has 0 atom stereocenters. The number of unbranched alkanes of at least 4 members (excludes halogenated alkanes) is 24. The number of hydrogen-bond donors (Lipinski definition) is 1. The normalized spacial score (nSPS) is 12.0. The maximum atomic E-state index is 12.3. The first-order valence-corrected chi connectivity index (χ1v) is 20.4. The van der Waals surface area contributed by atoms with E-state index in [2.05, 4.69) is 32.0 Å². The van der Waals surface area contributed by atoms with Gasteiger partial charge in [-0.2, -0.15) is 8.42 Å². The molecule has 0 aliphatic rings. The second kappa shape index (κ2) is 24.8. The molecule has 252 valence electrons. The van der Waals surface area contributed by atoms with Gasteiger partial charge in [0.15, 0.2) is 0 Å². The summed E-state index contributed by atoms with van der Waals surface area (Å²) < 4.78 is 34.7. The molecule has 0 amide bonds. The van der Waals surface area contributed by atoms with Crippen LogP contribution >= 0.6 is 0 Å². The van der Waals surface area contributed by atoms with Crippen molar-refractivity contribution in [2.75, 3.05) is 0 Å².